The van der Waals surface area contributed by atoms with Crippen molar-refractivity contribution in [1.29, 1.82) is 0 Å². The van der Waals surface area contributed by atoms with Gasteiger partial charge in [0, 0.05) is 5.69 Å². The number of nitrogens with zero attached hydrogens (tertiary/aromatic N) is 1. The highest BCUT2D eigenvalue weighted by Gasteiger charge is 2.29. The van der Waals surface area contributed by atoms with Gasteiger partial charge in [0.15, 0.2) is 0 Å². The Morgan fingerprint density at radius 2 is 2.00 bits per heavy atom. The van der Waals surface area contributed by atoms with Gasteiger partial charge < -0.3 is 10.1 Å². The van der Waals surface area contributed by atoms with Gasteiger partial charge in [-0.2, -0.15) is 0 Å². The Labute approximate surface area is 158 Å². The van der Waals surface area contributed by atoms with Crippen LogP contribution in [0.4, 0.5) is 5.69 Å². The lowest BCUT2D eigenvalue weighted by Gasteiger charge is -2.16. The van der Waals surface area contributed by atoms with Crippen molar-refractivity contribution >= 4 is 35.2 Å². The summed E-state index contributed by atoms with van der Waals surface area (Å²) in [7, 11) is 0. The highest BCUT2D eigenvalue weighted by Crippen LogP contribution is 2.28. The van der Waals surface area contributed by atoms with E-state index in [-0.39, 0.29) is 30.7 Å². The van der Waals surface area contributed by atoms with E-state index >= 15 is 0 Å². The van der Waals surface area contributed by atoms with Gasteiger partial charge in [0.2, 0.25) is 11.8 Å². The third-order valence-corrected chi connectivity index (χ3v) is 4.82. The molecule has 1 aliphatic heterocycles. The number of aryl methyl sites for hydroxylation is 1. The molecule has 1 aromatic carbocycles. The number of nitrogens with one attached hydrogen (secondary N) is 1. The van der Waals surface area contributed by atoms with E-state index < -0.39 is 5.97 Å². The summed E-state index contributed by atoms with van der Waals surface area (Å²) >= 11 is 1.23. The van der Waals surface area contributed by atoms with Gasteiger partial charge >= 0.3 is 5.97 Å². The van der Waals surface area contributed by atoms with Crippen LogP contribution in [-0.2, 0) is 25.5 Å². The molecular formula is C19H24N2O4S. The zero-order chi connectivity index (χ0) is 18.9. The van der Waals surface area contributed by atoms with Crippen LogP contribution in [0.25, 0.3) is 0 Å². The first kappa shape index (κ1) is 20.0. The number of carbonyl (C=O) groups is 3. The second-order valence-electron chi connectivity index (χ2n) is 5.85. The van der Waals surface area contributed by atoms with Crippen molar-refractivity contribution in [2.24, 2.45) is 0 Å². The smallest absolute Gasteiger partial charge is 0.333 e. The van der Waals surface area contributed by atoms with E-state index in [2.05, 4.69) is 12.2 Å². The topological polar surface area (TPSA) is 75.7 Å². The summed E-state index contributed by atoms with van der Waals surface area (Å²) in [6, 6.07) is 7.71. The molecule has 0 spiro atoms. The minimum Gasteiger partial charge on any atom is -0.463 e. The number of hydrogen-bond donors (Lipinski definition) is 1. The Hall–Kier alpha value is -2.28. The standard InChI is InChI=1S/C19H24N2O4S/c1-3-5-6-14-7-9-15(10-8-14)20-16(22)12-21-17(23)13-26-18(21)11-19(24)25-4-2/h7-11H,3-6,12-13H2,1-2H3,(H,20,22)/b18-11-. The Balaban J connectivity index is 1.94. The maximum atomic E-state index is 12.3. The summed E-state index contributed by atoms with van der Waals surface area (Å²) in [6.07, 6.45) is 4.55. The molecule has 0 saturated carbocycles. The van der Waals surface area contributed by atoms with Gasteiger partial charge in [-0.05, 0) is 37.5 Å². The van der Waals surface area contributed by atoms with Crippen molar-refractivity contribution < 1.29 is 19.1 Å². The number of carbonyl (C=O) groups excluding carboxylic acids is 3. The van der Waals surface area contributed by atoms with Gasteiger partial charge in [0.05, 0.1) is 23.5 Å². The first-order chi connectivity index (χ1) is 12.5. The second-order valence-corrected chi connectivity index (χ2v) is 6.85. The first-order valence-corrected chi connectivity index (χ1v) is 9.72. The zero-order valence-corrected chi connectivity index (χ0v) is 15.9. The molecule has 0 unspecified atom stereocenters. The van der Waals surface area contributed by atoms with Gasteiger partial charge in [-0.25, -0.2) is 4.79 Å². The summed E-state index contributed by atoms with van der Waals surface area (Å²) in [5.74, 6) is -0.810. The minimum absolute atomic E-state index is 0.130. The highest BCUT2D eigenvalue weighted by molar-refractivity contribution is 8.04. The minimum atomic E-state index is -0.516. The molecule has 0 aromatic heterocycles. The lowest BCUT2D eigenvalue weighted by molar-refractivity contribution is -0.137. The van der Waals surface area contributed by atoms with E-state index in [0.717, 1.165) is 19.3 Å². The molecule has 1 heterocycles. The molecule has 2 amide bonds. The number of ether oxygens (including phenoxy) is 1. The van der Waals surface area contributed by atoms with Crippen molar-refractivity contribution in [3.8, 4) is 0 Å². The molecule has 1 aromatic rings. The SMILES string of the molecule is CCCCc1ccc(NC(=O)CN2C(=O)CS/C2=C\C(=O)OCC)cc1. The number of thioether (sulfide) groups is 1. The third-order valence-electron chi connectivity index (χ3n) is 3.80. The number of anilines is 1. The molecule has 0 aliphatic carbocycles. The predicted molar refractivity (Wildman–Crippen MR) is 103 cm³/mol. The summed E-state index contributed by atoms with van der Waals surface area (Å²) in [4.78, 5) is 37.2. The average Bonchev–Trinajstić information content (AvgIpc) is 2.94. The lowest BCUT2D eigenvalue weighted by Crippen LogP contribution is -2.34. The van der Waals surface area contributed by atoms with Crippen LogP contribution in [0.15, 0.2) is 35.4 Å². The lowest BCUT2D eigenvalue weighted by atomic mass is 10.1. The van der Waals surface area contributed by atoms with Crippen LogP contribution in [-0.4, -0.2) is 41.6 Å². The fraction of sp³-hybridized carbons (Fsp3) is 0.421. The fourth-order valence-corrected chi connectivity index (χ4v) is 3.39. The van der Waals surface area contributed by atoms with Gasteiger partial charge in [0.1, 0.15) is 6.54 Å². The third kappa shape index (κ3) is 5.91. The summed E-state index contributed by atoms with van der Waals surface area (Å²) < 4.78 is 4.86. The number of esters is 1. The normalized spacial score (nSPS) is 15.4. The van der Waals surface area contributed by atoms with Crippen molar-refractivity contribution in [2.45, 2.75) is 33.1 Å². The van der Waals surface area contributed by atoms with Crippen LogP contribution in [0.2, 0.25) is 0 Å². The molecule has 0 radical (unpaired) electrons. The molecule has 7 heteroatoms. The quantitative estimate of drug-likeness (QED) is 0.558. The predicted octanol–water partition coefficient (Wildman–Crippen LogP) is 2.95. The number of benzene rings is 1. The van der Waals surface area contributed by atoms with Crippen molar-refractivity contribution in [1.82, 2.24) is 4.90 Å². The van der Waals surface area contributed by atoms with Crippen LogP contribution < -0.4 is 5.32 Å². The molecule has 6 nitrogen and oxygen atoms in total. The monoisotopic (exact) mass is 376 g/mol. The fourth-order valence-electron chi connectivity index (χ4n) is 2.46. The zero-order valence-electron chi connectivity index (χ0n) is 15.1. The Morgan fingerprint density at radius 3 is 2.65 bits per heavy atom. The van der Waals surface area contributed by atoms with E-state index in [9.17, 15) is 14.4 Å². The van der Waals surface area contributed by atoms with Gasteiger partial charge in [0.25, 0.3) is 0 Å². The second kappa shape index (κ2) is 10.0. The number of rotatable bonds is 8. The first-order valence-electron chi connectivity index (χ1n) is 8.74. The molecule has 1 aliphatic rings. The van der Waals surface area contributed by atoms with E-state index in [4.69, 9.17) is 4.74 Å². The van der Waals surface area contributed by atoms with E-state index in [0.29, 0.717) is 10.7 Å². The molecule has 0 bridgehead atoms. The maximum absolute atomic E-state index is 12.3. The molecule has 1 fully saturated rings. The van der Waals surface area contributed by atoms with Crippen LogP contribution in [0.5, 0.6) is 0 Å². The van der Waals surface area contributed by atoms with E-state index in [1.165, 1.54) is 28.3 Å². The van der Waals surface area contributed by atoms with Gasteiger partial charge in [-0.15, -0.1) is 0 Å². The number of hydrogen-bond acceptors (Lipinski definition) is 5. The summed E-state index contributed by atoms with van der Waals surface area (Å²) in [6.45, 7) is 3.99. The van der Waals surface area contributed by atoms with E-state index in [1.54, 1.807) is 6.92 Å². The van der Waals surface area contributed by atoms with Crippen LogP contribution in [0.3, 0.4) is 0 Å². The Kier molecular flexibility index (Phi) is 7.72. The van der Waals surface area contributed by atoms with Crippen molar-refractivity contribution in [2.75, 3.05) is 24.2 Å². The van der Waals surface area contributed by atoms with Crippen LogP contribution >= 0.6 is 11.8 Å². The number of amides is 2. The Morgan fingerprint density at radius 1 is 1.27 bits per heavy atom. The van der Waals surface area contributed by atoms with E-state index in [1.807, 2.05) is 24.3 Å². The molecule has 1 N–H and O–H groups in total. The number of unbranched alkanes of at least 4 members (excludes halogenated alkanes) is 1. The van der Waals surface area contributed by atoms with Crippen molar-refractivity contribution in [3.63, 3.8) is 0 Å². The molecule has 1 saturated heterocycles. The molecular weight excluding hydrogens is 352 g/mol. The largest absolute Gasteiger partial charge is 0.463 e. The van der Waals surface area contributed by atoms with Crippen LogP contribution in [0.1, 0.15) is 32.3 Å². The molecule has 2 rings (SSSR count). The van der Waals surface area contributed by atoms with Crippen LogP contribution in [0, 0.1) is 0 Å². The summed E-state index contributed by atoms with van der Waals surface area (Å²) in [5, 5.41) is 3.23. The molecule has 140 valence electrons. The molecule has 0 atom stereocenters. The molecule has 26 heavy (non-hydrogen) atoms. The van der Waals surface area contributed by atoms with Crippen molar-refractivity contribution in [3.05, 3.63) is 40.9 Å². The van der Waals surface area contributed by atoms with Gasteiger partial charge in [-0.1, -0.05) is 37.2 Å². The highest BCUT2D eigenvalue weighted by atomic mass is 32.2. The summed E-state index contributed by atoms with van der Waals surface area (Å²) in [5.41, 5.74) is 1.92. The Bertz CT molecular complexity index is 685. The van der Waals surface area contributed by atoms with Gasteiger partial charge in [-0.3, -0.25) is 14.5 Å². The maximum Gasteiger partial charge on any atom is 0.333 e. The average molecular weight is 376 g/mol.